The van der Waals surface area contributed by atoms with Crippen LogP contribution in [0.2, 0.25) is 0 Å². The Labute approximate surface area is 116 Å². The fraction of sp³-hybridized carbons (Fsp3) is 0.133. The predicted molar refractivity (Wildman–Crippen MR) is 78.5 cm³/mol. The Morgan fingerprint density at radius 2 is 1.84 bits per heavy atom. The lowest BCUT2D eigenvalue weighted by Crippen LogP contribution is -2.05. The lowest BCUT2D eigenvalue weighted by molar-refractivity contribution is 0.876. The first kappa shape index (κ1) is 12.3. The third-order valence-electron chi connectivity index (χ3n) is 2.93. The third kappa shape index (κ3) is 2.50. The van der Waals surface area contributed by atoms with Gasteiger partial charge in [0, 0.05) is 17.5 Å². The van der Waals surface area contributed by atoms with Gasteiger partial charge in [-0.05, 0) is 30.8 Å². The predicted octanol–water partition coefficient (Wildman–Crippen LogP) is 2.99. The molecule has 0 aliphatic rings. The molecule has 2 N–H and O–H groups in total. The van der Waals surface area contributed by atoms with Crippen molar-refractivity contribution in [2.45, 2.75) is 16.3 Å². The van der Waals surface area contributed by atoms with Gasteiger partial charge in [-0.2, -0.15) is 0 Å². The largest absolute Gasteiger partial charge is 0.330 e. The van der Waals surface area contributed by atoms with Gasteiger partial charge in [-0.25, -0.2) is 4.98 Å². The Balaban J connectivity index is 2.04. The molecule has 96 valence electrons. The molecule has 0 fully saturated rings. The lowest BCUT2D eigenvalue weighted by Gasteiger charge is -2.03. The smallest absolute Gasteiger partial charge is 0.138 e. The number of fused-ring (bicyclic) bond motifs is 1. The van der Waals surface area contributed by atoms with Gasteiger partial charge < -0.3 is 10.1 Å². The van der Waals surface area contributed by atoms with E-state index in [2.05, 4.69) is 16.5 Å². The second-order valence-electron chi connectivity index (χ2n) is 4.25. The Hall–Kier alpha value is -1.78. The Kier molecular flexibility index (Phi) is 3.53. The van der Waals surface area contributed by atoms with Crippen molar-refractivity contribution in [2.75, 3.05) is 6.54 Å². The molecule has 3 rings (SSSR count). The topological polar surface area (TPSA) is 43.3 Å². The zero-order valence-corrected chi connectivity index (χ0v) is 11.3. The summed E-state index contributed by atoms with van der Waals surface area (Å²) in [5.41, 5.74) is 7.89. The summed E-state index contributed by atoms with van der Waals surface area (Å²) in [4.78, 5) is 5.90. The summed E-state index contributed by atoms with van der Waals surface area (Å²) in [6.07, 6.45) is 2.88. The molecule has 2 heterocycles. The lowest BCUT2D eigenvalue weighted by atomic mass is 10.3. The van der Waals surface area contributed by atoms with Crippen molar-refractivity contribution in [2.24, 2.45) is 5.73 Å². The molecule has 4 heteroatoms. The van der Waals surface area contributed by atoms with Crippen LogP contribution in [0.3, 0.4) is 0 Å². The second-order valence-corrected chi connectivity index (χ2v) is 5.31. The van der Waals surface area contributed by atoms with E-state index in [9.17, 15) is 0 Å². The second kappa shape index (κ2) is 5.47. The molecule has 0 aliphatic carbocycles. The number of nitrogens with two attached hydrogens (primary N) is 1. The molecule has 3 aromatic rings. The molecule has 0 amide bonds. The Morgan fingerprint density at radius 1 is 1.05 bits per heavy atom. The molecule has 0 aliphatic heterocycles. The highest BCUT2D eigenvalue weighted by Gasteiger charge is 2.12. The van der Waals surface area contributed by atoms with Crippen LogP contribution in [0.25, 0.3) is 5.65 Å². The van der Waals surface area contributed by atoms with Crippen LogP contribution in [0.1, 0.15) is 5.69 Å². The summed E-state index contributed by atoms with van der Waals surface area (Å²) in [5.74, 6) is 0. The fourth-order valence-corrected chi connectivity index (χ4v) is 3.04. The van der Waals surface area contributed by atoms with E-state index < -0.39 is 0 Å². The number of aromatic nitrogens is 2. The van der Waals surface area contributed by atoms with Gasteiger partial charge in [-0.1, -0.05) is 36.0 Å². The number of rotatable bonds is 4. The van der Waals surface area contributed by atoms with E-state index in [4.69, 9.17) is 10.7 Å². The summed E-state index contributed by atoms with van der Waals surface area (Å²) in [6.45, 7) is 0.630. The van der Waals surface area contributed by atoms with Gasteiger partial charge in [0.15, 0.2) is 0 Å². The summed E-state index contributed by atoms with van der Waals surface area (Å²) in [7, 11) is 0. The van der Waals surface area contributed by atoms with E-state index in [0.717, 1.165) is 17.1 Å². The van der Waals surface area contributed by atoms with Crippen LogP contribution < -0.4 is 5.73 Å². The minimum Gasteiger partial charge on any atom is -0.330 e. The van der Waals surface area contributed by atoms with E-state index in [0.29, 0.717) is 6.54 Å². The van der Waals surface area contributed by atoms with E-state index in [1.807, 2.05) is 42.6 Å². The van der Waals surface area contributed by atoms with Gasteiger partial charge in [-0.3, -0.25) is 0 Å². The highest BCUT2D eigenvalue weighted by molar-refractivity contribution is 7.99. The number of pyridine rings is 1. The maximum atomic E-state index is 5.72. The average molecular weight is 269 g/mol. The molecule has 0 unspecified atom stereocenters. The van der Waals surface area contributed by atoms with Crippen molar-refractivity contribution in [3.63, 3.8) is 0 Å². The van der Waals surface area contributed by atoms with Crippen molar-refractivity contribution in [3.05, 3.63) is 60.4 Å². The molecule has 3 nitrogen and oxygen atoms in total. The number of benzene rings is 1. The van der Waals surface area contributed by atoms with Crippen LogP contribution in [0.15, 0.2) is 64.6 Å². The maximum Gasteiger partial charge on any atom is 0.138 e. The van der Waals surface area contributed by atoms with Gasteiger partial charge >= 0.3 is 0 Å². The molecule has 2 aromatic heterocycles. The Bertz CT molecular complexity index is 676. The van der Waals surface area contributed by atoms with Crippen molar-refractivity contribution in [1.29, 1.82) is 0 Å². The van der Waals surface area contributed by atoms with Crippen LogP contribution >= 0.6 is 11.8 Å². The first-order valence-electron chi connectivity index (χ1n) is 6.27. The van der Waals surface area contributed by atoms with E-state index >= 15 is 0 Å². The van der Waals surface area contributed by atoms with Gasteiger partial charge in [0.2, 0.25) is 0 Å². The molecular weight excluding hydrogens is 254 g/mol. The quantitative estimate of drug-likeness (QED) is 0.792. The summed E-state index contributed by atoms with van der Waals surface area (Å²) >= 11 is 1.69. The molecule has 0 radical (unpaired) electrons. The maximum absolute atomic E-state index is 5.72. The minimum atomic E-state index is 0.630. The molecule has 0 saturated carbocycles. The van der Waals surface area contributed by atoms with E-state index in [1.165, 1.54) is 10.6 Å². The monoisotopic (exact) mass is 269 g/mol. The number of nitrogens with zero attached hydrogens (tertiary/aromatic N) is 2. The molecular formula is C15H15N3S. The summed E-state index contributed by atoms with van der Waals surface area (Å²) < 4.78 is 2.12. The van der Waals surface area contributed by atoms with Crippen molar-refractivity contribution in [1.82, 2.24) is 9.38 Å². The average Bonchev–Trinajstić information content (AvgIpc) is 2.79. The van der Waals surface area contributed by atoms with Gasteiger partial charge in [0.05, 0.1) is 5.69 Å². The van der Waals surface area contributed by atoms with Gasteiger partial charge in [0.1, 0.15) is 10.7 Å². The normalized spacial score (nSPS) is 11.0. The van der Waals surface area contributed by atoms with Crippen LogP contribution in [-0.2, 0) is 6.42 Å². The molecule has 0 saturated heterocycles. The van der Waals surface area contributed by atoms with Crippen LogP contribution in [0.5, 0.6) is 0 Å². The third-order valence-corrected chi connectivity index (χ3v) is 3.96. The SMILES string of the molecule is NCCc1c(Sc2ccccc2)nc2ccccn12. The first-order chi connectivity index (χ1) is 9.38. The highest BCUT2D eigenvalue weighted by Crippen LogP contribution is 2.30. The molecule has 1 aromatic carbocycles. The molecule has 0 bridgehead atoms. The van der Waals surface area contributed by atoms with Crippen molar-refractivity contribution in [3.8, 4) is 0 Å². The Morgan fingerprint density at radius 3 is 2.63 bits per heavy atom. The van der Waals surface area contributed by atoms with E-state index in [1.54, 1.807) is 11.8 Å². The zero-order chi connectivity index (χ0) is 13.1. The zero-order valence-electron chi connectivity index (χ0n) is 10.5. The van der Waals surface area contributed by atoms with Gasteiger partial charge in [-0.15, -0.1) is 0 Å². The molecule has 0 spiro atoms. The number of hydrogen-bond donors (Lipinski definition) is 1. The standard InChI is InChI=1S/C15H15N3S/c16-10-9-13-15(19-12-6-2-1-3-7-12)17-14-8-4-5-11-18(13)14/h1-8,11H,9-10,16H2. The number of hydrogen-bond acceptors (Lipinski definition) is 3. The van der Waals surface area contributed by atoms with Crippen LogP contribution in [-0.4, -0.2) is 15.9 Å². The molecule has 19 heavy (non-hydrogen) atoms. The van der Waals surface area contributed by atoms with Crippen molar-refractivity contribution >= 4 is 17.4 Å². The van der Waals surface area contributed by atoms with E-state index in [-0.39, 0.29) is 0 Å². The molecule has 0 atom stereocenters. The fourth-order valence-electron chi connectivity index (χ4n) is 2.07. The summed E-state index contributed by atoms with van der Waals surface area (Å²) in [5, 5.41) is 1.04. The van der Waals surface area contributed by atoms with Gasteiger partial charge in [0.25, 0.3) is 0 Å². The highest BCUT2D eigenvalue weighted by atomic mass is 32.2. The van der Waals surface area contributed by atoms with Crippen molar-refractivity contribution < 1.29 is 0 Å². The number of imidazole rings is 1. The minimum absolute atomic E-state index is 0.630. The first-order valence-corrected chi connectivity index (χ1v) is 7.09. The summed E-state index contributed by atoms with van der Waals surface area (Å²) in [6, 6.07) is 16.4. The van der Waals surface area contributed by atoms with Crippen LogP contribution in [0, 0.1) is 0 Å². The van der Waals surface area contributed by atoms with Crippen LogP contribution in [0.4, 0.5) is 0 Å².